The Labute approximate surface area is 120 Å². The zero-order valence-electron chi connectivity index (χ0n) is 12.6. The standard InChI is InChI=1S/C14H26N2O4/c1-10(2)6-8-20-9-7-15-13(19)16-14(3,12(17)18)11-4-5-11/h10-11H,4-9H2,1-3H3,(H,17,18)(H2,15,16,19). The number of carbonyl (C=O) groups excluding carboxylic acids is 1. The van der Waals surface area contributed by atoms with Crippen LogP contribution in [0.2, 0.25) is 0 Å². The van der Waals surface area contributed by atoms with Gasteiger partial charge < -0.3 is 20.5 Å². The summed E-state index contributed by atoms with van der Waals surface area (Å²) in [5.41, 5.74) is -1.16. The van der Waals surface area contributed by atoms with Gasteiger partial charge in [-0.1, -0.05) is 13.8 Å². The summed E-state index contributed by atoms with van der Waals surface area (Å²) >= 11 is 0. The molecular weight excluding hydrogens is 260 g/mol. The number of hydrogen-bond donors (Lipinski definition) is 3. The van der Waals surface area contributed by atoms with Crippen molar-refractivity contribution in [1.82, 2.24) is 10.6 Å². The Balaban J connectivity index is 2.18. The highest BCUT2D eigenvalue weighted by Crippen LogP contribution is 2.39. The lowest BCUT2D eigenvalue weighted by Crippen LogP contribution is -2.57. The molecule has 0 saturated heterocycles. The molecular formula is C14H26N2O4. The molecule has 1 saturated carbocycles. The van der Waals surface area contributed by atoms with Gasteiger partial charge in [-0.15, -0.1) is 0 Å². The van der Waals surface area contributed by atoms with Gasteiger partial charge in [0, 0.05) is 13.2 Å². The largest absolute Gasteiger partial charge is 0.480 e. The molecule has 2 amide bonds. The van der Waals surface area contributed by atoms with Crippen molar-refractivity contribution in [2.24, 2.45) is 11.8 Å². The van der Waals surface area contributed by atoms with E-state index >= 15 is 0 Å². The van der Waals surface area contributed by atoms with E-state index in [1.807, 2.05) is 0 Å². The van der Waals surface area contributed by atoms with Crippen LogP contribution in [0.1, 0.15) is 40.0 Å². The lowest BCUT2D eigenvalue weighted by molar-refractivity contribution is -0.144. The van der Waals surface area contributed by atoms with E-state index in [1.54, 1.807) is 6.92 Å². The van der Waals surface area contributed by atoms with Gasteiger partial charge in [-0.25, -0.2) is 9.59 Å². The second-order valence-electron chi connectivity index (χ2n) is 5.96. The molecule has 1 unspecified atom stereocenters. The van der Waals surface area contributed by atoms with Crippen LogP contribution in [0.3, 0.4) is 0 Å². The first-order valence-electron chi connectivity index (χ1n) is 7.23. The summed E-state index contributed by atoms with van der Waals surface area (Å²) in [6.45, 7) is 7.30. The summed E-state index contributed by atoms with van der Waals surface area (Å²) < 4.78 is 5.37. The fraction of sp³-hybridized carbons (Fsp3) is 0.857. The molecule has 116 valence electrons. The van der Waals surface area contributed by atoms with Crippen molar-refractivity contribution in [3.63, 3.8) is 0 Å². The topological polar surface area (TPSA) is 87.7 Å². The Morgan fingerprint density at radius 2 is 2.00 bits per heavy atom. The molecule has 0 radical (unpaired) electrons. The predicted molar refractivity (Wildman–Crippen MR) is 75.6 cm³/mol. The lowest BCUT2D eigenvalue weighted by atomic mass is 9.96. The maximum Gasteiger partial charge on any atom is 0.329 e. The molecule has 1 aliphatic carbocycles. The van der Waals surface area contributed by atoms with E-state index in [1.165, 1.54) is 0 Å². The van der Waals surface area contributed by atoms with Crippen LogP contribution in [-0.4, -0.2) is 42.4 Å². The smallest absolute Gasteiger partial charge is 0.329 e. The van der Waals surface area contributed by atoms with Crippen molar-refractivity contribution in [2.75, 3.05) is 19.8 Å². The number of carboxylic acids is 1. The maximum atomic E-state index is 11.7. The Morgan fingerprint density at radius 1 is 1.35 bits per heavy atom. The number of aliphatic carboxylic acids is 1. The van der Waals surface area contributed by atoms with Crippen molar-refractivity contribution in [3.05, 3.63) is 0 Å². The fourth-order valence-electron chi connectivity index (χ4n) is 1.93. The van der Waals surface area contributed by atoms with Gasteiger partial charge in [-0.05, 0) is 38.0 Å². The highest BCUT2D eigenvalue weighted by atomic mass is 16.5. The van der Waals surface area contributed by atoms with Gasteiger partial charge >= 0.3 is 12.0 Å². The van der Waals surface area contributed by atoms with E-state index < -0.39 is 17.5 Å². The van der Waals surface area contributed by atoms with Crippen molar-refractivity contribution in [1.29, 1.82) is 0 Å². The van der Waals surface area contributed by atoms with Gasteiger partial charge in [0.25, 0.3) is 0 Å². The van der Waals surface area contributed by atoms with Gasteiger partial charge in [-0.3, -0.25) is 0 Å². The predicted octanol–water partition coefficient (Wildman–Crippen LogP) is 1.60. The van der Waals surface area contributed by atoms with Crippen LogP contribution in [0.4, 0.5) is 4.79 Å². The van der Waals surface area contributed by atoms with Crippen molar-refractivity contribution >= 4 is 12.0 Å². The van der Waals surface area contributed by atoms with Crippen LogP contribution in [0.25, 0.3) is 0 Å². The van der Waals surface area contributed by atoms with Crippen molar-refractivity contribution in [3.8, 4) is 0 Å². The van der Waals surface area contributed by atoms with Crippen LogP contribution >= 0.6 is 0 Å². The molecule has 0 bridgehead atoms. The maximum absolute atomic E-state index is 11.7. The Morgan fingerprint density at radius 3 is 2.50 bits per heavy atom. The van der Waals surface area contributed by atoms with Crippen molar-refractivity contribution < 1.29 is 19.4 Å². The number of nitrogens with one attached hydrogen (secondary N) is 2. The molecule has 1 rings (SSSR count). The number of hydrogen-bond acceptors (Lipinski definition) is 3. The third-order valence-electron chi connectivity index (χ3n) is 3.58. The Bertz CT molecular complexity index is 342. The van der Waals surface area contributed by atoms with E-state index in [2.05, 4.69) is 24.5 Å². The first kappa shape index (κ1) is 16.8. The van der Waals surface area contributed by atoms with Gasteiger partial charge in [0.05, 0.1) is 6.61 Å². The third kappa shape index (κ3) is 5.36. The quantitative estimate of drug-likeness (QED) is 0.562. The normalized spacial score (nSPS) is 17.6. The van der Waals surface area contributed by atoms with E-state index in [4.69, 9.17) is 4.74 Å². The molecule has 1 atom stereocenters. The summed E-state index contributed by atoms with van der Waals surface area (Å²) in [7, 11) is 0. The minimum absolute atomic E-state index is 0.0352. The van der Waals surface area contributed by atoms with Crippen LogP contribution in [0.5, 0.6) is 0 Å². The first-order chi connectivity index (χ1) is 9.36. The van der Waals surface area contributed by atoms with Gasteiger partial charge in [-0.2, -0.15) is 0 Å². The Kier molecular flexibility index (Phi) is 6.26. The SMILES string of the molecule is CC(C)CCOCCNC(=O)NC(C)(C(=O)O)C1CC1. The summed E-state index contributed by atoms with van der Waals surface area (Å²) in [5.74, 6) is -0.350. The Hall–Kier alpha value is -1.30. The number of carbonyl (C=O) groups is 2. The van der Waals surface area contributed by atoms with Crippen LogP contribution in [-0.2, 0) is 9.53 Å². The minimum atomic E-state index is -1.16. The van der Waals surface area contributed by atoms with Crippen LogP contribution in [0, 0.1) is 11.8 Å². The van der Waals surface area contributed by atoms with Crippen LogP contribution < -0.4 is 10.6 Å². The van der Waals surface area contributed by atoms with Crippen LogP contribution in [0.15, 0.2) is 0 Å². The highest BCUT2D eigenvalue weighted by molar-refractivity contribution is 5.86. The molecule has 1 aliphatic rings. The number of rotatable bonds is 9. The van der Waals surface area contributed by atoms with Gasteiger partial charge in [0.15, 0.2) is 0 Å². The molecule has 0 aliphatic heterocycles. The van der Waals surface area contributed by atoms with Crippen molar-refractivity contribution in [2.45, 2.75) is 45.6 Å². The molecule has 6 nitrogen and oxygen atoms in total. The minimum Gasteiger partial charge on any atom is -0.480 e. The highest BCUT2D eigenvalue weighted by Gasteiger charge is 2.48. The summed E-state index contributed by atoms with van der Waals surface area (Å²) in [6, 6.07) is -0.450. The summed E-state index contributed by atoms with van der Waals surface area (Å²) in [4.78, 5) is 22.9. The average Bonchev–Trinajstić information content (AvgIpc) is 3.17. The molecule has 0 aromatic carbocycles. The molecule has 20 heavy (non-hydrogen) atoms. The van der Waals surface area contributed by atoms with Gasteiger partial charge in [0.2, 0.25) is 0 Å². The summed E-state index contributed by atoms with van der Waals surface area (Å²) in [6.07, 6.45) is 2.69. The fourth-order valence-corrected chi connectivity index (χ4v) is 1.93. The first-order valence-corrected chi connectivity index (χ1v) is 7.23. The molecule has 0 heterocycles. The lowest BCUT2D eigenvalue weighted by Gasteiger charge is -2.26. The molecule has 6 heteroatoms. The number of urea groups is 1. The molecule has 0 aromatic heterocycles. The third-order valence-corrected chi connectivity index (χ3v) is 3.58. The monoisotopic (exact) mass is 286 g/mol. The number of ether oxygens (including phenoxy) is 1. The molecule has 0 aromatic rings. The zero-order valence-corrected chi connectivity index (χ0v) is 12.6. The second-order valence-corrected chi connectivity index (χ2v) is 5.96. The molecule has 0 spiro atoms. The van der Waals surface area contributed by atoms with Gasteiger partial charge in [0.1, 0.15) is 5.54 Å². The average molecular weight is 286 g/mol. The number of amides is 2. The zero-order chi connectivity index (χ0) is 15.2. The number of carboxylic acid groups (broad SMARTS) is 1. The molecule has 1 fully saturated rings. The second kappa shape index (κ2) is 7.47. The summed E-state index contributed by atoms with van der Waals surface area (Å²) in [5, 5.41) is 14.4. The van der Waals surface area contributed by atoms with E-state index in [9.17, 15) is 14.7 Å². The molecule has 3 N–H and O–H groups in total. The van der Waals surface area contributed by atoms with E-state index in [0.717, 1.165) is 19.3 Å². The van der Waals surface area contributed by atoms with E-state index in [-0.39, 0.29) is 5.92 Å². The van der Waals surface area contributed by atoms with E-state index in [0.29, 0.717) is 25.7 Å².